The predicted octanol–water partition coefficient (Wildman–Crippen LogP) is 3.85. The van der Waals surface area contributed by atoms with Crippen LogP contribution in [0, 0.1) is 0 Å². The van der Waals surface area contributed by atoms with E-state index in [2.05, 4.69) is 5.32 Å². The predicted molar refractivity (Wildman–Crippen MR) is 86.9 cm³/mol. The average Bonchev–Trinajstić information content (AvgIpc) is 2.54. The van der Waals surface area contributed by atoms with E-state index in [0.29, 0.717) is 22.1 Å². The Labute approximate surface area is 135 Å². The number of carbonyl (C=O) groups excluding carboxylic acids is 1. The van der Waals surface area contributed by atoms with Gasteiger partial charge in [0.2, 0.25) is 0 Å². The fraction of sp³-hybridized carbons (Fsp3) is 0.235. The lowest BCUT2D eigenvalue weighted by Crippen LogP contribution is -2.26. The van der Waals surface area contributed by atoms with Gasteiger partial charge in [-0.15, -0.1) is 0 Å². The molecule has 0 spiro atoms. The zero-order valence-electron chi connectivity index (χ0n) is 12.7. The number of carbonyl (C=O) groups is 1. The molecule has 1 N–H and O–H groups in total. The van der Waals surface area contributed by atoms with Crippen LogP contribution in [-0.2, 0) is 0 Å². The van der Waals surface area contributed by atoms with E-state index in [-0.39, 0.29) is 11.9 Å². The van der Waals surface area contributed by atoms with Crippen molar-refractivity contribution in [2.24, 2.45) is 0 Å². The van der Waals surface area contributed by atoms with Gasteiger partial charge in [-0.2, -0.15) is 0 Å². The van der Waals surface area contributed by atoms with Crippen LogP contribution in [0.2, 0.25) is 5.02 Å². The van der Waals surface area contributed by atoms with Crippen molar-refractivity contribution in [1.29, 1.82) is 0 Å². The molecule has 2 aromatic carbocycles. The number of rotatable bonds is 5. The topological polar surface area (TPSA) is 47.6 Å². The Balaban J connectivity index is 2.15. The molecule has 4 nitrogen and oxygen atoms in total. The van der Waals surface area contributed by atoms with E-state index >= 15 is 0 Å². The third kappa shape index (κ3) is 3.71. The molecule has 0 aliphatic rings. The Hall–Kier alpha value is -2.20. The van der Waals surface area contributed by atoms with Crippen LogP contribution in [0.1, 0.15) is 28.9 Å². The normalized spacial score (nSPS) is 11.6. The molecule has 0 aliphatic carbocycles. The van der Waals surface area contributed by atoms with Gasteiger partial charge < -0.3 is 14.8 Å². The monoisotopic (exact) mass is 319 g/mol. The second-order valence-corrected chi connectivity index (χ2v) is 5.26. The van der Waals surface area contributed by atoms with Gasteiger partial charge in [-0.05, 0) is 42.8 Å². The Morgan fingerprint density at radius 1 is 1.09 bits per heavy atom. The highest BCUT2D eigenvalue weighted by Gasteiger charge is 2.14. The number of methoxy groups -OCH3 is 2. The Morgan fingerprint density at radius 3 is 2.45 bits per heavy atom. The van der Waals surface area contributed by atoms with E-state index in [1.807, 2.05) is 25.1 Å². The zero-order chi connectivity index (χ0) is 16.1. The summed E-state index contributed by atoms with van der Waals surface area (Å²) in [5.41, 5.74) is 1.45. The van der Waals surface area contributed by atoms with Crippen LogP contribution in [0.25, 0.3) is 0 Å². The molecule has 0 saturated heterocycles. The lowest BCUT2D eigenvalue weighted by molar-refractivity contribution is 0.0940. The lowest BCUT2D eigenvalue weighted by atomic mass is 10.1. The van der Waals surface area contributed by atoms with Gasteiger partial charge in [0.1, 0.15) is 0 Å². The number of hydrogen-bond donors (Lipinski definition) is 1. The van der Waals surface area contributed by atoms with Crippen LogP contribution in [0.3, 0.4) is 0 Å². The summed E-state index contributed by atoms with van der Waals surface area (Å²) < 4.78 is 10.5. The highest BCUT2D eigenvalue weighted by Crippen LogP contribution is 2.30. The van der Waals surface area contributed by atoms with E-state index in [9.17, 15) is 4.79 Å². The quantitative estimate of drug-likeness (QED) is 0.910. The molecule has 0 fully saturated rings. The molecule has 2 rings (SSSR count). The maximum Gasteiger partial charge on any atom is 0.251 e. The summed E-state index contributed by atoms with van der Waals surface area (Å²) >= 11 is 5.91. The number of ether oxygens (including phenoxy) is 2. The zero-order valence-corrected chi connectivity index (χ0v) is 13.5. The van der Waals surface area contributed by atoms with Gasteiger partial charge in [0.15, 0.2) is 11.5 Å². The van der Waals surface area contributed by atoms with Crippen LogP contribution in [0.5, 0.6) is 11.5 Å². The molecule has 0 saturated carbocycles. The van der Waals surface area contributed by atoms with Crippen molar-refractivity contribution >= 4 is 17.5 Å². The molecule has 0 aliphatic heterocycles. The summed E-state index contributed by atoms with van der Waals surface area (Å²) in [5.74, 6) is 1.10. The summed E-state index contributed by atoms with van der Waals surface area (Å²) in [7, 11) is 3.17. The highest BCUT2D eigenvalue weighted by atomic mass is 35.5. The summed E-state index contributed by atoms with van der Waals surface area (Å²) in [6.45, 7) is 1.91. The number of halogens is 1. The number of benzene rings is 2. The van der Waals surface area contributed by atoms with Gasteiger partial charge in [-0.3, -0.25) is 4.79 Å². The van der Waals surface area contributed by atoms with Crippen LogP contribution in [0.15, 0.2) is 42.5 Å². The summed E-state index contributed by atoms with van der Waals surface area (Å²) in [5, 5.41) is 3.47. The molecule has 0 heterocycles. The van der Waals surface area contributed by atoms with Gasteiger partial charge >= 0.3 is 0 Å². The first-order chi connectivity index (χ1) is 10.5. The van der Waals surface area contributed by atoms with Crippen LogP contribution in [-0.4, -0.2) is 20.1 Å². The molecule has 1 amide bonds. The number of hydrogen-bond acceptors (Lipinski definition) is 3. The summed E-state index contributed by atoms with van der Waals surface area (Å²) in [6, 6.07) is 12.2. The van der Waals surface area contributed by atoms with Crippen molar-refractivity contribution in [2.45, 2.75) is 13.0 Å². The Bertz CT molecular complexity index is 673. The number of nitrogens with one attached hydrogen (secondary N) is 1. The molecule has 1 atom stereocenters. The van der Waals surface area contributed by atoms with Crippen LogP contribution < -0.4 is 14.8 Å². The first kappa shape index (κ1) is 16.2. The van der Waals surface area contributed by atoms with Gasteiger partial charge in [0, 0.05) is 10.6 Å². The van der Waals surface area contributed by atoms with Crippen molar-refractivity contribution in [2.75, 3.05) is 14.2 Å². The van der Waals surface area contributed by atoms with Crippen LogP contribution >= 0.6 is 11.6 Å². The fourth-order valence-corrected chi connectivity index (χ4v) is 2.31. The third-order valence-electron chi connectivity index (χ3n) is 3.34. The lowest BCUT2D eigenvalue weighted by Gasteiger charge is -2.16. The van der Waals surface area contributed by atoms with Crippen molar-refractivity contribution in [3.63, 3.8) is 0 Å². The minimum Gasteiger partial charge on any atom is -0.493 e. The molecule has 0 unspecified atom stereocenters. The molecular weight excluding hydrogens is 302 g/mol. The standard InChI is InChI=1S/C17H18ClNO3/c1-11(12-7-8-15(21-2)16(10-12)22-3)19-17(20)13-5-4-6-14(18)9-13/h4-11H,1-3H3,(H,19,20)/t11-/m1/s1. The third-order valence-corrected chi connectivity index (χ3v) is 3.58. The largest absolute Gasteiger partial charge is 0.493 e. The fourth-order valence-electron chi connectivity index (χ4n) is 2.12. The van der Waals surface area contributed by atoms with Crippen molar-refractivity contribution in [3.05, 3.63) is 58.6 Å². The molecule has 116 valence electrons. The minimum atomic E-state index is -0.176. The van der Waals surface area contributed by atoms with E-state index in [1.165, 1.54) is 0 Å². The van der Waals surface area contributed by atoms with E-state index in [0.717, 1.165) is 5.56 Å². The highest BCUT2D eigenvalue weighted by molar-refractivity contribution is 6.30. The second-order valence-electron chi connectivity index (χ2n) is 4.82. The maximum absolute atomic E-state index is 12.2. The van der Waals surface area contributed by atoms with Crippen LogP contribution in [0.4, 0.5) is 0 Å². The first-order valence-corrected chi connectivity index (χ1v) is 7.21. The minimum absolute atomic E-state index is 0.175. The molecule has 0 bridgehead atoms. The van der Waals surface area contributed by atoms with Crippen molar-refractivity contribution < 1.29 is 14.3 Å². The van der Waals surface area contributed by atoms with E-state index in [1.54, 1.807) is 38.5 Å². The summed E-state index contributed by atoms with van der Waals surface area (Å²) in [4.78, 5) is 12.2. The first-order valence-electron chi connectivity index (χ1n) is 6.83. The Morgan fingerprint density at radius 2 is 1.82 bits per heavy atom. The van der Waals surface area contributed by atoms with E-state index < -0.39 is 0 Å². The van der Waals surface area contributed by atoms with Gasteiger partial charge in [0.25, 0.3) is 5.91 Å². The van der Waals surface area contributed by atoms with Gasteiger partial charge in [0.05, 0.1) is 20.3 Å². The second kappa shape index (κ2) is 7.18. The maximum atomic E-state index is 12.2. The van der Waals surface area contributed by atoms with Gasteiger partial charge in [-0.25, -0.2) is 0 Å². The van der Waals surface area contributed by atoms with Crippen molar-refractivity contribution in [1.82, 2.24) is 5.32 Å². The molecular formula is C17H18ClNO3. The molecule has 22 heavy (non-hydrogen) atoms. The molecule has 0 aromatic heterocycles. The smallest absolute Gasteiger partial charge is 0.251 e. The molecule has 5 heteroatoms. The SMILES string of the molecule is COc1ccc([C@@H](C)NC(=O)c2cccc(Cl)c2)cc1OC. The number of amides is 1. The van der Waals surface area contributed by atoms with E-state index in [4.69, 9.17) is 21.1 Å². The molecule has 0 radical (unpaired) electrons. The Kier molecular flexibility index (Phi) is 5.28. The summed E-state index contributed by atoms with van der Waals surface area (Å²) in [6.07, 6.45) is 0. The average molecular weight is 320 g/mol. The molecule has 2 aromatic rings. The van der Waals surface area contributed by atoms with Gasteiger partial charge in [-0.1, -0.05) is 23.7 Å². The van der Waals surface area contributed by atoms with Crippen molar-refractivity contribution in [3.8, 4) is 11.5 Å².